The number of likely N-dealkylation sites (tertiary alicyclic amines) is 1. The van der Waals surface area contributed by atoms with Gasteiger partial charge in [0.05, 0.1) is 6.61 Å². The van der Waals surface area contributed by atoms with Crippen molar-refractivity contribution >= 4 is 5.97 Å². The molecule has 100 valence electrons. The summed E-state index contributed by atoms with van der Waals surface area (Å²) in [5, 5.41) is 0. The van der Waals surface area contributed by atoms with E-state index in [1.807, 2.05) is 6.92 Å². The molecule has 0 aromatic carbocycles. The van der Waals surface area contributed by atoms with E-state index in [0.29, 0.717) is 19.1 Å². The van der Waals surface area contributed by atoms with E-state index in [1.165, 1.54) is 19.4 Å². The van der Waals surface area contributed by atoms with E-state index in [9.17, 15) is 4.79 Å². The summed E-state index contributed by atoms with van der Waals surface area (Å²) in [5.74, 6) is -0.0616. The predicted octanol–water partition coefficient (Wildman–Crippen LogP) is 1.53. The average Bonchev–Trinajstić information content (AvgIpc) is 2.76. The minimum Gasteiger partial charge on any atom is -0.466 e. The Kier molecular flexibility index (Phi) is 7.21. The molecular weight excluding hydrogens is 216 g/mol. The molecule has 0 spiro atoms. The minimum atomic E-state index is -0.0616. The zero-order valence-electron chi connectivity index (χ0n) is 11.0. The number of carbonyl (C=O) groups excluding carboxylic acids is 1. The molecule has 1 unspecified atom stereocenters. The van der Waals surface area contributed by atoms with Crippen LogP contribution in [0.25, 0.3) is 0 Å². The van der Waals surface area contributed by atoms with Crippen LogP contribution in [0.3, 0.4) is 0 Å². The van der Waals surface area contributed by atoms with Gasteiger partial charge in [-0.25, -0.2) is 0 Å². The second-order valence-electron chi connectivity index (χ2n) is 4.68. The summed E-state index contributed by atoms with van der Waals surface area (Å²) in [4.78, 5) is 13.6. The number of hydrogen-bond donors (Lipinski definition) is 1. The summed E-state index contributed by atoms with van der Waals surface area (Å²) < 4.78 is 4.89. The van der Waals surface area contributed by atoms with E-state index < -0.39 is 0 Å². The summed E-state index contributed by atoms with van der Waals surface area (Å²) in [6.07, 6.45) is 6.31. The lowest BCUT2D eigenvalue weighted by Gasteiger charge is -2.22. The minimum absolute atomic E-state index is 0.0616. The average molecular weight is 242 g/mol. The number of esters is 1. The van der Waals surface area contributed by atoms with Gasteiger partial charge in [-0.2, -0.15) is 0 Å². The van der Waals surface area contributed by atoms with Gasteiger partial charge in [-0.1, -0.05) is 6.42 Å². The molecule has 4 nitrogen and oxygen atoms in total. The Morgan fingerprint density at radius 2 is 2.24 bits per heavy atom. The fourth-order valence-electron chi connectivity index (χ4n) is 2.45. The van der Waals surface area contributed by atoms with Crippen LogP contribution in [0.5, 0.6) is 0 Å². The van der Waals surface area contributed by atoms with Crippen LogP contribution in [0, 0.1) is 0 Å². The van der Waals surface area contributed by atoms with Crippen LogP contribution in [-0.2, 0) is 9.53 Å². The van der Waals surface area contributed by atoms with Crippen LogP contribution >= 0.6 is 0 Å². The van der Waals surface area contributed by atoms with Crippen molar-refractivity contribution in [3.05, 3.63) is 0 Å². The molecule has 1 atom stereocenters. The Hall–Kier alpha value is -0.610. The summed E-state index contributed by atoms with van der Waals surface area (Å²) >= 11 is 0. The molecule has 0 aliphatic carbocycles. The maximum Gasteiger partial charge on any atom is 0.305 e. The molecule has 0 bridgehead atoms. The van der Waals surface area contributed by atoms with E-state index in [-0.39, 0.29) is 5.97 Å². The molecule has 0 saturated carbocycles. The molecule has 2 N–H and O–H groups in total. The molecule has 1 saturated heterocycles. The van der Waals surface area contributed by atoms with Gasteiger partial charge in [0.2, 0.25) is 0 Å². The zero-order chi connectivity index (χ0) is 12.5. The number of nitrogens with two attached hydrogens (primary N) is 1. The molecule has 1 fully saturated rings. The Labute approximate surface area is 104 Å². The van der Waals surface area contributed by atoms with Crippen LogP contribution in [0.15, 0.2) is 0 Å². The third-order valence-corrected chi connectivity index (χ3v) is 3.40. The summed E-state index contributed by atoms with van der Waals surface area (Å²) in [6.45, 7) is 5.44. The van der Waals surface area contributed by atoms with Crippen molar-refractivity contribution in [3.63, 3.8) is 0 Å². The molecule has 0 amide bonds. The Balaban J connectivity index is 1.98. The van der Waals surface area contributed by atoms with Gasteiger partial charge in [-0.15, -0.1) is 0 Å². The van der Waals surface area contributed by atoms with Gasteiger partial charge in [0.1, 0.15) is 0 Å². The highest BCUT2D eigenvalue weighted by Crippen LogP contribution is 2.16. The number of ether oxygens (including phenoxy) is 1. The Bertz CT molecular complexity index is 221. The number of rotatable bonds is 8. The quantitative estimate of drug-likeness (QED) is 0.518. The molecular formula is C13H26N2O2. The summed E-state index contributed by atoms with van der Waals surface area (Å²) in [7, 11) is 0. The standard InChI is InChI=1S/C13H26N2O2/c1-2-17-13(16)8-4-3-5-9-15-10-6-7-12(15)11-14/h12H,2-11,14H2,1H3. The third-order valence-electron chi connectivity index (χ3n) is 3.40. The SMILES string of the molecule is CCOC(=O)CCCCCN1CCCC1CN. The molecule has 17 heavy (non-hydrogen) atoms. The van der Waals surface area contributed by atoms with Crippen LogP contribution in [-0.4, -0.2) is 43.2 Å². The first-order valence-corrected chi connectivity index (χ1v) is 6.87. The van der Waals surface area contributed by atoms with Crippen LogP contribution < -0.4 is 5.73 Å². The van der Waals surface area contributed by atoms with Gasteiger partial charge in [0, 0.05) is 19.0 Å². The van der Waals surface area contributed by atoms with Crippen molar-refractivity contribution in [1.29, 1.82) is 0 Å². The van der Waals surface area contributed by atoms with E-state index in [0.717, 1.165) is 32.4 Å². The molecule has 1 aliphatic rings. The van der Waals surface area contributed by atoms with Gasteiger partial charge >= 0.3 is 5.97 Å². The first kappa shape index (κ1) is 14.5. The topological polar surface area (TPSA) is 55.6 Å². The van der Waals surface area contributed by atoms with Crippen LogP contribution in [0.2, 0.25) is 0 Å². The van der Waals surface area contributed by atoms with Gasteiger partial charge in [0.25, 0.3) is 0 Å². The molecule has 4 heteroatoms. The highest BCUT2D eigenvalue weighted by molar-refractivity contribution is 5.69. The number of carbonyl (C=O) groups is 1. The zero-order valence-corrected chi connectivity index (χ0v) is 11.0. The van der Waals surface area contributed by atoms with Crippen LogP contribution in [0.4, 0.5) is 0 Å². The first-order valence-electron chi connectivity index (χ1n) is 6.87. The Morgan fingerprint density at radius 3 is 2.94 bits per heavy atom. The fraction of sp³-hybridized carbons (Fsp3) is 0.923. The second-order valence-corrected chi connectivity index (χ2v) is 4.68. The highest BCUT2D eigenvalue weighted by atomic mass is 16.5. The van der Waals surface area contributed by atoms with Gasteiger partial charge in [-0.3, -0.25) is 9.69 Å². The maximum atomic E-state index is 11.1. The van der Waals surface area contributed by atoms with E-state index in [1.54, 1.807) is 0 Å². The van der Waals surface area contributed by atoms with Crippen molar-refractivity contribution < 1.29 is 9.53 Å². The lowest BCUT2D eigenvalue weighted by Crippen LogP contribution is -2.35. The molecule has 0 radical (unpaired) electrons. The molecule has 1 aliphatic heterocycles. The van der Waals surface area contributed by atoms with Crippen molar-refractivity contribution in [1.82, 2.24) is 4.90 Å². The lowest BCUT2D eigenvalue weighted by atomic mass is 10.1. The van der Waals surface area contributed by atoms with Crippen molar-refractivity contribution in [2.75, 3.05) is 26.2 Å². The molecule has 1 heterocycles. The van der Waals surface area contributed by atoms with Crippen molar-refractivity contribution in [2.45, 2.75) is 51.5 Å². The van der Waals surface area contributed by atoms with E-state index in [2.05, 4.69) is 4.90 Å². The van der Waals surface area contributed by atoms with Crippen molar-refractivity contribution in [2.24, 2.45) is 5.73 Å². The van der Waals surface area contributed by atoms with E-state index in [4.69, 9.17) is 10.5 Å². The second kappa shape index (κ2) is 8.48. The van der Waals surface area contributed by atoms with Crippen molar-refractivity contribution in [3.8, 4) is 0 Å². The molecule has 0 aromatic rings. The summed E-state index contributed by atoms with van der Waals surface area (Å²) in [6, 6.07) is 0.597. The third kappa shape index (κ3) is 5.50. The number of unbranched alkanes of at least 4 members (excludes halogenated alkanes) is 2. The predicted molar refractivity (Wildman–Crippen MR) is 68.8 cm³/mol. The normalized spacial score (nSPS) is 20.7. The molecule has 0 aromatic heterocycles. The first-order chi connectivity index (χ1) is 8.27. The maximum absolute atomic E-state index is 11.1. The number of hydrogen-bond acceptors (Lipinski definition) is 4. The Morgan fingerprint density at radius 1 is 1.41 bits per heavy atom. The summed E-state index contributed by atoms with van der Waals surface area (Å²) in [5.41, 5.74) is 5.72. The van der Waals surface area contributed by atoms with Gasteiger partial charge < -0.3 is 10.5 Å². The van der Waals surface area contributed by atoms with Crippen LogP contribution in [0.1, 0.15) is 45.4 Å². The smallest absolute Gasteiger partial charge is 0.305 e. The van der Waals surface area contributed by atoms with E-state index >= 15 is 0 Å². The van der Waals surface area contributed by atoms with Gasteiger partial charge in [0.15, 0.2) is 0 Å². The monoisotopic (exact) mass is 242 g/mol. The largest absolute Gasteiger partial charge is 0.466 e. The fourth-order valence-corrected chi connectivity index (χ4v) is 2.45. The number of nitrogens with zero attached hydrogens (tertiary/aromatic N) is 1. The molecule has 1 rings (SSSR count). The van der Waals surface area contributed by atoms with Gasteiger partial charge in [-0.05, 0) is 45.7 Å². The highest BCUT2D eigenvalue weighted by Gasteiger charge is 2.21. The lowest BCUT2D eigenvalue weighted by molar-refractivity contribution is -0.143.